The second-order valence-electron chi connectivity index (χ2n) is 4.43. The molecule has 0 aliphatic rings. The van der Waals surface area contributed by atoms with E-state index in [-0.39, 0.29) is 5.56 Å². The van der Waals surface area contributed by atoms with Crippen LogP contribution in [0.3, 0.4) is 0 Å². The van der Waals surface area contributed by atoms with Gasteiger partial charge in [-0.05, 0) is 30.0 Å². The minimum Gasteiger partial charge on any atom is -0.478 e. The van der Waals surface area contributed by atoms with E-state index in [0.29, 0.717) is 5.69 Å². The Morgan fingerprint density at radius 2 is 2.10 bits per heavy atom. The van der Waals surface area contributed by atoms with Crippen LogP contribution in [0.1, 0.15) is 15.9 Å². The number of aromatic carboxylic acids is 1. The number of carboxylic acids is 1. The predicted octanol–water partition coefficient (Wildman–Crippen LogP) is 4.05. The molecule has 0 fully saturated rings. The van der Waals surface area contributed by atoms with Gasteiger partial charge in [0.2, 0.25) is 0 Å². The first-order chi connectivity index (χ1) is 9.66. The normalized spacial score (nSPS) is 10.7. The van der Waals surface area contributed by atoms with Crippen LogP contribution < -0.4 is 5.32 Å². The van der Waals surface area contributed by atoms with Crippen LogP contribution in [0.2, 0.25) is 0 Å². The highest BCUT2D eigenvalue weighted by Crippen LogP contribution is 2.32. The number of para-hydroxylation sites is 1. The maximum atomic E-state index is 11.4. The van der Waals surface area contributed by atoms with Crippen LogP contribution in [0, 0.1) is 6.92 Å². The van der Waals surface area contributed by atoms with E-state index in [1.807, 2.05) is 42.6 Å². The standard InChI is InChI=1S/C15H12N2O2S/c1-9-4-2-3-5-12(9)17-13-10-6-7-20-14(10)16-8-11(13)15(18)19/h2-8H,1H3,(H,16,17)(H,18,19). The van der Waals surface area contributed by atoms with Gasteiger partial charge in [-0.2, -0.15) is 0 Å². The van der Waals surface area contributed by atoms with Crippen LogP contribution in [-0.2, 0) is 0 Å². The zero-order chi connectivity index (χ0) is 14.1. The molecule has 2 N–H and O–H groups in total. The Labute approximate surface area is 119 Å². The zero-order valence-corrected chi connectivity index (χ0v) is 11.6. The Kier molecular flexibility index (Phi) is 3.12. The van der Waals surface area contributed by atoms with Crippen molar-refractivity contribution in [2.75, 3.05) is 5.32 Å². The topological polar surface area (TPSA) is 62.2 Å². The third-order valence-electron chi connectivity index (χ3n) is 3.13. The number of nitrogens with one attached hydrogen (secondary N) is 1. The van der Waals surface area contributed by atoms with Crippen molar-refractivity contribution in [3.8, 4) is 0 Å². The molecule has 0 radical (unpaired) electrons. The Balaban J connectivity index is 2.18. The minimum atomic E-state index is -0.985. The second-order valence-corrected chi connectivity index (χ2v) is 5.33. The first-order valence-corrected chi connectivity index (χ1v) is 6.97. The van der Waals surface area contributed by atoms with Crippen LogP contribution in [0.4, 0.5) is 11.4 Å². The second kappa shape index (κ2) is 4.94. The molecule has 0 amide bonds. The van der Waals surface area contributed by atoms with Gasteiger partial charge in [0.05, 0.1) is 5.69 Å². The molecule has 2 aromatic heterocycles. The van der Waals surface area contributed by atoms with E-state index in [0.717, 1.165) is 21.5 Å². The molecule has 2 heterocycles. The maximum Gasteiger partial charge on any atom is 0.339 e. The lowest BCUT2D eigenvalue weighted by Gasteiger charge is -2.12. The molecule has 5 heteroatoms. The van der Waals surface area contributed by atoms with Gasteiger partial charge in [-0.3, -0.25) is 0 Å². The molecule has 0 unspecified atom stereocenters. The summed E-state index contributed by atoms with van der Waals surface area (Å²) in [7, 11) is 0. The smallest absolute Gasteiger partial charge is 0.339 e. The summed E-state index contributed by atoms with van der Waals surface area (Å²) in [5, 5.41) is 15.3. The van der Waals surface area contributed by atoms with E-state index in [1.54, 1.807) is 0 Å². The van der Waals surface area contributed by atoms with Crippen molar-refractivity contribution in [3.63, 3.8) is 0 Å². The molecule has 4 nitrogen and oxygen atoms in total. The largest absolute Gasteiger partial charge is 0.478 e. The predicted molar refractivity (Wildman–Crippen MR) is 81.0 cm³/mol. The number of anilines is 2. The van der Waals surface area contributed by atoms with Gasteiger partial charge in [0, 0.05) is 17.3 Å². The third kappa shape index (κ3) is 2.12. The summed E-state index contributed by atoms with van der Waals surface area (Å²) in [6, 6.07) is 9.67. The van der Waals surface area contributed by atoms with Crippen molar-refractivity contribution in [1.82, 2.24) is 4.98 Å². The van der Waals surface area contributed by atoms with Gasteiger partial charge in [0.25, 0.3) is 0 Å². The Bertz CT molecular complexity index is 795. The molecule has 3 rings (SSSR count). The van der Waals surface area contributed by atoms with Crippen molar-refractivity contribution in [1.29, 1.82) is 0 Å². The summed E-state index contributed by atoms with van der Waals surface area (Å²) >= 11 is 1.49. The van der Waals surface area contributed by atoms with Crippen LogP contribution >= 0.6 is 11.3 Å². The number of rotatable bonds is 3. The third-order valence-corrected chi connectivity index (χ3v) is 3.95. The quantitative estimate of drug-likeness (QED) is 0.761. The van der Waals surface area contributed by atoms with Gasteiger partial charge in [0.1, 0.15) is 10.4 Å². The van der Waals surface area contributed by atoms with Crippen molar-refractivity contribution >= 4 is 38.9 Å². The van der Waals surface area contributed by atoms with Crippen molar-refractivity contribution < 1.29 is 9.90 Å². The highest BCUT2D eigenvalue weighted by molar-refractivity contribution is 7.16. The van der Waals surface area contributed by atoms with Gasteiger partial charge in [-0.25, -0.2) is 9.78 Å². The van der Waals surface area contributed by atoms with E-state index in [1.165, 1.54) is 17.5 Å². The van der Waals surface area contributed by atoms with Crippen LogP contribution in [-0.4, -0.2) is 16.1 Å². The molecular weight excluding hydrogens is 272 g/mol. The summed E-state index contributed by atoms with van der Waals surface area (Å²) in [4.78, 5) is 16.4. The fourth-order valence-electron chi connectivity index (χ4n) is 2.07. The summed E-state index contributed by atoms with van der Waals surface area (Å²) in [6.07, 6.45) is 1.40. The minimum absolute atomic E-state index is 0.180. The average Bonchev–Trinajstić information content (AvgIpc) is 2.90. The van der Waals surface area contributed by atoms with Gasteiger partial charge >= 0.3 is 5.97 Å². The molecule has 0 spiro atoms. The molecule has 0 bridgehead atoms. The number of benzene rings is 1. The molecule has 0 atom stereocenters. The Hall–Kier alpha value is -2.40. The van der Waals surface area contributed by atoms with Crippen molar-refractivity contribution in [2.45, 2.75) is 6.92 Å². The Morgan fingerprint density at radius 3 is 2.85 bits per heavy atom. The number of pyridine rings is 1. The average molecular weight is 284 g/mol. The zero-order valence-electron chi connectivity index (χ0n) is 10.8. The first-order valence-electron chi connectivity index (χ1n) is 6.09. The van der Waals surface area contributed by atoms with Crippen molar-refractivity contribution in [2.24, 2.45) is 0 Å². The highest BCUT2D eigenvalue weighted by atomic mass is 32.1. The summed E-state index contributed by atoms with van der Waals surface area (Å²) < 4.78 is 0. The molecular formula is C15H12N2O2S. The number of carboxylic acid groups (broad SMARTS) is 1. The van der Waals surface area contributed by atoms with Crippen LogP contribution in [0.25, 0.3) is 10.2 Å². The van der Waals surface area contributed by atoms with Gasteiger partial charge in [-0.15, -0.1) is 11.3 Å². The molecule has 0 saturated heterocycles. The first kappa shape index (κ1) is 12.6. The molecule has 0 saturated carbocycles. The highest BCUT2D eigenvalue weighted by Gasteiger charge is 2.15. The van der Waals surface area contributed by atoms with E-state index in [4.69, 9.17) is 0 Å². The van der Waals surface area contributed by atoms with E-state index in [2.05, 4.69) is 10.3 Å². The SMILES string of the molecule is Cc1ccccc1Nc1c(C(=O)O)cnc2sccc12. The van der Waals surface area contributed by atoms with Gasteiger partial charge in [-0.1, -0.05) is 18.2 Å². The van der Waals surface area contributed by atoms with E-state index >= 15 is 0 Å². The number of aryl methyl sites for hydroxylation is 1. The molecule has 0 aliphatic heterocycles. The summed E-state index contributed by atoms with van der Waals surface area (Å²) in [5.74, 6) is -0.985. The fraction of sp³-hybridized carbons (Fsp3) is 0.0667. The molecule has 100 valence electrons. The maximum absolute atomic E-state index is 11.4. The number of nitrogens with zero attached hydrogens (tertiary/aromatic N) is 1. The van der Waals surface area contributed by atoms with E-state index < -0.39 is 5.97 Å². The van der Waals surface area contributed by atoms with Crippen LogP contribution in [0.5, 0.6) is 0 Å². The number of thiophene rings is 1. The number of carbonyl (C=O) groups is 1. The van der Waals surface area contributed by atoms with Crippen molar-refractivity contribution in [3.05, 3.63) is 53.0 Å². The molecule has 0 aliphatic carbocycles. The number of hydrogen-bond acceptors (Lipinski definition) is 4. The van der Waals surface area contributed by atoms with Gasteiger partial charge in [0.15, 0.2) is 0 Å². The van der Waals surface area contributed by atoms with Crippen LogP contribution in [0.15, 0.2) is 41.9 Å². The summed E-state index contributed by atoms with van der Waals surface area (Å²) in [5.41, 5.74) is 2.73. The summed E-state index contributed by atoms with van der Waals surface area (Å²) in [6.45, 7) is 1.98. The molecule has 3 aromatic rings. The number of hydrogen-bond donors (Lipinski definition) is 2. The lowest BCUT2D eigenvalue weighted by atomic mass is 10.1. The fourth-order valence-corrected chi connectivity index (χ4v) is 2.81. The molecule has 1 aromatic carbocycles. The Morgan fingerprint density at radius 1 is 1.30 bits per heavy atom. The number of aromatic nitrogens is 1. The lowest BCUT2D eigenvalue weighted by Crippen LogP contribution is -2.04. The van der Waals surface area contributed by atoms with Gasteiger partial charge < -0.3 is 10.4 Å². The lowest BCUT2D eigenvalue weighted by molar-refractivity contribution is 0.0697. The number of fused-ring (bicyclic) bond motifs is 1. The molecule has 20 heavy (non-hydrogen) atoms. The van der Waals surface area contributed by atoms with E-state index in [9.17, 15) is 9.90 Å². The monoisotopic (exact) mass is 284 g/mol.